The van der Waals surface area contributed by atoms with Gasteiger partial charge in [0.25, 0.3) is 0 Å². The minimum Gasteiger partial charge on any atom is -0.350 e. The molecule has 0 radical (unpaired) electrons. The Hall–Kier alpha value is -0.540. The van der Waals surface area contributed by atoms with Gasteiger partial charge in [-0.15, -0.1) is 0 Å². The number of hydrogen-bond donors (Lipinski definition) is 1. The van der Waals surface area contributed by atoms with Crippen LogP contribution in [0.1, 0.15) is 32.8 Å². The summed E-state index contributed by atoms with van der Waals surface area (Å²) in [4.78, 5) is 11.7. The van der Waals surface area contributed by atoms with Gasteiger partial charge in [-0.25, -0.2) is 0 Å². The largest absolute Gasteiger partial charge is 0.350 e. The highest BCUT2D eigenvalue weighted by Crippen LogP contribution is 2.45. The Morgan fingerprint density at radius 1 is 1.35 bits per heavy atom. The van der Waals surface area contributed by atoms with Gasteiger partial charge in [0.05, 0.1) is 0 Å². The van der Waals surface area contributed by atoms with Gasteiger partial charge >= 0.3 is 0 Å². The molecular weight excluding hydrogens is 302 g/mol. The van der Waals surface area contributed by atoms with E-state index in [0.29, 0.717) is 11.4 Å². The van der Waals surface area contributed by atoms with Gasteiger partial charge < -0.3 is 5.32 Å². The maximum Gasteiger partial charge on any atom is 0.221 e. The predicted octanol–water partition coefficient (Wildman–Crippen LogP) is 3.66. The average Bonchev–Trinajstić information content (AvgIpc) is 2.34. The van der Waals surface area contributed by atoms with Gasteiger partial charge in [0, 0.05) is 26.9 Å². The smallest absolute Gasteiger partial charge is 0.221 e. The van der Waals surface area contributed by atoms with Crippen molar-refractivity contribution in [2.45, 2.75) is 38.1 Å². The Morgan fingerprint density at radius 3 is 2.47 bits per heavy atom. The molecule has 1 unspecified atom stereocenters. The maximum absolute atomic E-state index is 11.7. The summed E-state index contributed by atoms with van der Waals surface area (Å²) in [5.41, 5.74) is 0.453. The molecule has 2 nitrogen and oxygen atoms in total. The normalized spacial score (nSPS) is 27.0. The van der Waals surface area contributed by atoms with Crippen LogP contribution in [0.3, 0.4) is 0 Å². The first-order valence-electron chi connectivity index (χ1n) is 5.53. The Balaban J connectivity index is 2.55. The maximum atomic E-state index is 11.7. The molecule has 4 heteroatoms. The molecule has 1 N–H and O–H groups in total. The van der Waals surface area contributed by atoms with Crippen LogP contribution in [-0.2, 0) is 10.2 Å². The van der Waals surface area contributed by atoms with Gasteiger partial charge in [-0.1, -0.05) is 40.5 Å². The summed E-state index contributed by atoms with van der Waals surface area (Å²) in [7, 11) is 0. The second-order valence-corrected chi connectivity index (χ2v) is 6.63. The fraction of sp³-hybridized carbons (Fsp3) is 0.462. The quantitative estimate of drug-likeness (QED) is 0.841. The Morgan fingerprint density at radius 2 is 2.00 bits per heavy atom. The van der Waals surface area contributed by atoms with E-state index in [-0.39, 0.29) is 16.9 Å². The van der Waals surface area contributed by atoms with Crippen molar-refractivity contribution in [1.82, 2.24) is 5.32 Å². The number of nitrogens with one attached hydrogen (secondary N) is 1. The molecule has 0 spiro atoms. The third kappa shape index (κ3) is 2.00. The molecule has 17 heavy (non-hydrogen) atoms. The lowest BCUT2D eigenvalue weighted by Crippen LogP contribution is -2.48. The molecule has 92 valence electrons. The highest BCUT2D eigenvalue weighted by molar-refractivity contribution is 9.10. The lowest BCUT2D eigenvalue weighted by Gasteiger charge is -2.38. The zero-order valence-corrected chi connectivity index (χ0v) is 12.4. The molecule has 1 aliphatic rings. The number of rotatable bonds is 1. The van der Waals surface area contributed by atoms with Crippen molar-refractivity contribution in [1.29, 1.82) is 0 Å². The molecule has 1 aliphatic heterocycles. The summed E-state index contributed by atoms with van der Waals surface area (Å²) in [6.45, 7) is 6.16. The first kappa shape index (κ1) is 12.9. The monoisotopic (exact) mass is 315 g/mol. The van der Waals surface area contributed by atoms with Crippen molar-refractivity contribution in [2.75, 3.05) is 0 Å². The van der Waals surface area contributed by atoms with E-state index in [0.717, 1.165) is 10.0 Å². The Kier molecular flexibility index (Phi) is 3.03. The topological polar surface area (TPSA) is 29.1 Å². The molecule has 0 aromatic heterocycles. The van der Waals surface area contributed by atoms with E-state index in [2.05, 4.69) is 28.2 Å². The van der Waals surface area contributed by atoms with Gasteiger partial charge in [0.1, 0.15) is 0 Å². The van der Waals surface area contributed by atoms with Crippen molar-refractivity contribution < 1.29 is 4.79 Å². The van der Waals surface area contributed by atoms with Gasteiger partial charge in [0.15, 0.2) is 0 Å². The van der Waals surface area contributed by atoms with Gasteiger partial charge in [-0.2, -0.15) is 0 Å². The molecule has 2 rings (SSSR count). The highest BCUT2D eigenvalue weighted by atomic mass is 79.9. The zero-order valence-electron chi connectivity index (χ0n) is 10.1. The lowest BCUT2D eigenvalue weighted by atomic mass is 9.69. The Labute approximate surface area is 115 Å². The minimum atomic E-state index is -0.290. The van der Waals surface area contributed by atoms with Crippen LogP contribution in [0.25, 0.3) is 0 Å². The van der Waals surface area contributed by atoms with E-state index in [1.165, 1.54) is 0 Å². The highest BCUT2D eigenvalue weighted by Gasteiger charge is 2.50. The third-order valence-corrected chi connectivity index (χ3v) is 4.68. The van der Waals surface area contributed by atoms with Gasteiger partial charge in [-0.05, 0) is 31.5 Å². The molecule has 1 saturated heterocycles. The first-order chi connectivity index (χ1) is 7.76. The van der Waals surface area contributed by atoms with Crippen molar-refractivity contribution >= 4 is 33.4 Å². The molecule has 0 bridgehead atoms. The van der Waals surface area contributed by atoms with Crippen molar-refractivity contribution in [3.05, 3.63) is 33.3 Å². The standard InChI is InChI=1S/C13H15BrClNO/c1-12(2)13(3,7-11(17)16-12)9-5-4-8(14)6-10(9)15/h4-6H,7H2,1-3H3,(H,16,17). The Bertz CT molecular complexity index is 486. The van der Waals surface area contributed by atoms with Crippen molar-refractivity contribution in [3.63, 3.8) is 0 Å². The fourth-order valence-electron chi connectivity index (χ4n) is 2.44. The first-order valence-corrected chi connectivity index (χ1v) is 6.70. The molecule has 1 atom stereocenters. The number of benzene rings is 1. The summed E-state index contributed by atoms with van der Waals surface area (Å²) in [5, 5.41) is 3.72. The van der Waals surface area contributed by atoms with Crippen LogP contribution in [0.5, 0.6) is 0 Å². The summed E-state index contributed by atoms with van der Waals surface area (Å²) >= 11 is 9.70. The second kappa shape index (κ2) is 3.99. The van der Waals surface area contributed by atoms with E-state index < -0.39 is 0 Å². The van der Waals surface area contributed by atoms with Gasteiger partial charge in [-0.3, -0.25) is 4.79 Å². The van der Waals surface area contributed by atoms with E-state index in [1.807, 2.05) is 32.0 Å². The van der Waals surface area contributed by atoms with Crippen LogP contribution in [0, 0.1) is 0 Å². The van der Waals surface area contributed by atoms with Crippen LogP contribution >= 0.6 is 27.5 Å². The van der Waals surface area contributed by atoms with E-state index in [4.69, 9.17) is 11.6 Å². The molecule has 1 aromatic carbocycles. The zero-order chi connectivity index (χ0) is 12.8. The number of carbonyl (C=O) groups excluding carboxylic acids is 1. The summed E-state index contributed by atoms with van der Waals surface area (Å²) in [6.07, 6.45) is 0.474. The third-order valence-electron chi connectivity index (χ3n) is 3.87. The molecule has 1 aromatic rings. The summed E-state index contributed by atoms with van der Waals surface area (Å²) < 4.78 is 0.949. The number of halogens is 2. The fourth-order valence-corrected chi connectivity index (χ4v) is 3.32. The van der Waals surface area contributed by atoms with Crippen LogP contribution in [0.4, 0.5) is 0 Å². The van der Waals surface area contributed by atoms with Crippen LogP contribution in [0.2, 0.25) is 5.02 Å². The van der Waals surface area contributed by atoms with Gasteiger partial charge in [0.2, 0.25) is 5.91 Å². The van der Waals surface area contributed by atoms with Crippen LogP contribution in [-0.4, -0.2) is 11.4 Å². The summed E-state index contributed by atoms with van der Waals surface area (Å²) in [5.74, 6) is 0.0801. The molecule has 1 heterocycles. The minimum absolute atomic E-state index is 0.0801. The molecule has 1 amide bonds. The summed E-state index contributed by atoms with van der Waals surface area (Å²) in [6, 6.07) is 5.83. The lowest BCUT2D eigenvalue weighted by molar-refractivity contribution is -0.119. The van der Waals surface area contributed by atoms with E-state index >= 15 is 0 Å². The average molecular weight is 317 g/mol. The van der Waals surface area contributed by atoms with Crippen LogP contribution in [0.15, 0.2) is 22.7 Å². The molecule has 0 saturated carbocycles. The molecule has 1 fully saturated rings. The van der Waals surface area contributed by atoms with Crippen LogP contribution < -0.4 is 5.32 Å². The number of amides is 1. The SMILES string of the molecule is CC1(C)NC(=O)CC1(C)c1ccc(Br)cc1Cl. The molecule has 0 aliphatic carbocycles. The molecular formula is C13H15BrClNO. The van der Waals surface area contributed by atoms with E-state index in [9.17, 15) is 4.79 Å². The number of hydrogen-bond acceptors (Lipinski definition) is 1. The second-order valence-electron chi connectivity index (χ2n) is 5.31. The predicted molar refractivity (Wildman–Crippen MR) is 73.3 cm³/mol. The van der Waals surface area contributed by atoms with E-state index in [1.54, 1.807) is 0 Å². The van der Waals surface area contributed by atoms with Crippen molar-refractivity contribution in [3.8, 4) is 0 Å². The van der Waals surface area contributed by atoms with Crippen molar-refractivity contribution in [2.24, 2.45) is 0 Å². The number of carbonyl (C=O) groups is 1.